The van der Waals surface area contributed by atoms with E-state index in [0.29, 0.717) is 0 Å². The Balaban J connectivity index is 2.55. The van der Waals surface area contributed by atoms with Gasteiger partial charge in [-0.2, -0.15) is 0 Å². The Labute approximate surface area is 95.7 Å². The van der Waals surface area contributed by atoms with Gasteiger partial charge in [-0.15, -0.1) is 0 Å². The summed E-state index contributed by atoms with van der Waals surface area (Å²) in [4.78, 5) is 15.7. The predicted octanol–water partition coefficient (Wildman–Crippen LogP) is 0.900. The van der Waals surface area contributed by atoms with Crippen molar-refractivity contribution in [1.29, 1.82) is 0 Å². The molecule has 1 aromatic rings. The van der Waals surface area contributed by atoms with E-state index >= 15 is 0 Å². The van der Waals surface area contributed by atoms with E-state index in [2.05, 4.69) is 10.3 Å². The zero-order valence-corrected chi connectivity index (χ0v) is 9.90. The second-order valence-electron chi connectivity index (χ2n) is 4.44. The molecule has 0 aliphatic heterocycles. The number of carbonyl (C=O) groups excluding carboxylic acids is 1. The molecular formula is C12H18N2O2. The molecule has 1 unspecified atom stereocenters. The van der Waals surface area contributed by atoms with Gasteiger partial charge in [-0.05, 0) is 32.9 Å². The molecule has 0 aliphatic rings. The first-order valence-corrected chi connectivity index (χ1v) is 5.31. The highest BCUT2D eigenvalue weighted by Crippen LogP contribution is 2.08. The fraction of sp³-hybridized carbons (Fsp3) is 0.500. The van der Waals surface area contributed by atoms with E-state index in [1.807, 2.05) is 6.07 Å². The van der Waals surface area contributed by atoms with Crippen LogP contribution in [0.3, 0.4) is 0 Å². The van der Waals surface area contributed by atoms with E-state index in [4.69, 9.17) is 0 Å². The molecule has 4 nitrogen and oxygen atoms in total. The number of aromatic nitrogens is 1. The van der Waals surface area contributed by atoms with Crippen molar-refractivity contribution in [3.63, 3.8) is 0 Å². The van der Waals surface area contributed by atoms with Gasteiger partial charge in [0.1, 0.15) is 0 Å². The van der Waals surface area contributed by atoms with E-state index in [-0.39, 0.29) is 12.3 Å². The standard InChI is InChI=1S/C12H18N2O2/c1-9(15)12(2,3)14-11(16)8-10-6-4-5-7-13-10/h4-7,9,15H,8H2,1-3H3,(H,14,16). The summed E-state index contributed by atoms with van der Waals surface area (Å²) in [5.41, 5.74) is 0.104. The Kier molecular flexibility index (Phi) is 4.01. The van der Waals surface area contributed by atoms with Crippen molar-refractivity contribution in [1.82, 2.24) is 10.3 Å². The van der Waals surface area contributed by atoms with Crippen molar-refractivity contribution in [2.45, 2.75) is 38.8 Å². The van der Waals surface area contributed by atoms with Crippen LogP contribution in [0, 0.1) is 0 Å². The predicted molar refractivity (Wildman–Crippen MR) is 61.8 cm³/mol. The van der Waals surface area contributed by atoms with Gasteiger partial charge >= 0.3 is 0 Å². The topological polar surface area (TPSA) is 62.2 Å². The summed E-state index contributed by atoms with van der Waals surface area (Å²) >= 11 is 0. The Morgan fingerprint density at radius 2 is 2.25 bits per heavy atom. The van der Waals surface area contributed by atoms with Crippen LogP contribution in [0.4, 0.5) is 0 Å². The quantitative estimate of drug-likeness (QED) is 0.795. The summed E-state index contributed by atoms with van der Waals surface area (Å²) in [6.07, 6.45) is 1.29. The van der Waals surface area contributed by atoms with Crippen LogP contribution in [0.5, 0.6) is 0 Å². The lowest BCUT2D eigenvalue weighted by molar-refractivity contribution is -0.123. The number of carbonyl (C=O) groups is 1. The van der Waals surface area contributed by atoms with Crippen molar-refractivity contribution < 1.29 is 9.90 Å². The number of nitrogens with zero attached hydrogens (tertiary/aromatic N) is 1. The van der Waals surface area contributed by atoms with Gasteiger partial charge in [0.2, 0.25) is 5.91 Å². The monoisotopic (exact) mass is 222 g/mol. The van der Waals surface area contributed by atoms with Crippen LogP contribution < -0.4 is 5.32 Å². The summed E-state index contributed by atoms with van der Waals surface area (Å²) in [5.74, 6) is -0.135. The first-order valence-electron chi connectivity index (χ1n) is 5.31. The third-order valence-electron chi connectivity index (χ3n) is 2.57. The molecule has 1 atom stereocenters. The van der Waals surface area contributed by atoms with E-state index in [1.54, 1.807) is 39.1 Å². The summed E-state index contributed by atoms with van der Waals surface area (Å²) in [5, 5.41) is 12.2. The molecule has 1 rings (SSSR count). The zero-order chi connectivity index (χ0) is 12.2. The van der Waals surface area contributed by atoms with Gasteiger partial charge in [-0.3, -0.25) is 9.78 Å². The van der Waals surface area contributed by atoms with Gasteiger partial charge in [-0.1, -0.05) is 6.07 Å². The molecule has 16 heavy (non-hydrogen) atoms. The summed E-state index contributed by atoms with van der Waals surface area (Å²) in [6.45, 7) is 5.23. The third kappa shape index (κ3) is 3.62. The summed E-state index contributed by atoms with van der Waals surface area (Å²) in [6, 6.07) is 5.45. The minimum Gasteiger partial charge on any atom is -0.391 e. The van der Waals surface area contributed by atoms with Crippen LogP contribution in [0.1, 0.15) is 26.5 Å². The van der Waals surface area contributed by atoms with Crippen molar-refractivity contribution in [2.24, 2.45) is 0 Å². The molecule has 0 aromatic carbocycles. The van der Waals surface area contributed by atoms with Crippen LogP contribution >= 0.6 is 0 Å². The normalized spacial score (nSPS) is 13.2. The van der Waals surface area contributed by atoms with Gasteiger partial charge in [0.15, 0.2) is 0 Å². The fourth-order valence-corrected chi connectivity index (χ4v) is 1.18. The molecule has 0 aliphatic carbocycles. The average molecular weight is 222 g/mol. The Morgan fingerprint density at radius 1 is 1.56 bits per heavy atom. The number of amides is 1. The van der Waals surface area contributed by atoms with Crippen LogP contribution in [-0.4, -0.2) is 27.6 Å². The molecular weight excluding hydrogens is 204 g/mol. The van der Waals surface area contributed by atoms with Gasteiger partial charge in [0.25, 0.3) is 0 Å². The van der Waals surface area contributed by atoms with Gasteiger partial charge in [0, 0.05) is 11.9 Å². The number of pyridine rings is 1. The fourth-order valence-electron chi connectivity index (χ4n) is 1.18. The molecule has 0 saturated carbocycles. The minimum absolute atomic E-state index is 0.135. The highest BCUT2D eigenvalue weighted by atomic mass is 16.3. The molecule has 1 aromatic heterocycles. The molecule has 2 N–H and O–H groups in total. The van der Waals surface area contributed by atoms with E-state index < -0.39 is 11.6 Å². The molecule has 0 saturated heterocycles. The molecule has 0 bridgehead atoms. The van der Waals surface area contributed by atoms with E-state index in [0.717, 1.165) is 5.69 Å². The van der Waals surface area contributed by atoms with Gasteiger partial charge in [-0.25, -0.2) is 0 Å². The summed E-state index contributed by atoms with van der Waals surface area (Å²) < 4.78 is 0. The number of aliphatic hydroxyl groups is 1. The van der Waals surface area contributed by atoms with E-state index in [1.165, 1.54) is 0 Å². The highest BCUT2D eigenvalue weighted by Gasteiger charge is 2.25. The van der Waals surface area contributed by atoms with Gasteiger partial charge in [0.05, 0.1) is 18.1 Å². The number of aliphatic hydroxyl groups excluding tert-OH is 1. The second kappa shape index (κ2) is 5.07. The highest BCUT2D eigenvalue weighted by molar-refractivity contribution is 5.78. The van der Waals surface area contributed by atoms with Crippen LogP contribution in [0.2, 0.25) is 0 Å². The molecule has 0 fully saturated rings. The van der Waals surface area contributed by atoms with E-state index in [9.17, 15) is 9.90 Å². The lowest BCUT2D eigenvalue weighted by Gasteiger charge is -2.29. The maximum absolute atomic E-state index is 11.7. The van der Waals surface area contributed by atoms with Gasteiger partial charge < -0.3 is 10.4 Å². The zero-order valence-electron chi connectivity index (χ0n) is 9.90. The lowest BCUT2D eigenvalue weighted by Crippen LogP contribution is -2.51. The maximum Gasteiger partial charge on any atom is 0.226 e. The number of hydrogen-bond acceptors (Lipinski definition) is 3. The molecule has 1 amide bonds. The third-order valence-corrected chi connectivity index (χ3v) is 2.57. The number of nitrogens with one attached hydrogen (secondary N) is 1. The molecule has 4 heteroatoms. The van der Waals surface area contributed by atoms with Crippen molar-refractivity contribution >= 4 is 5.91 Å². The SMILES string of the molecule is CC(O)C(C)(C)NC(=O)Cc1ccccn1. The summed E-state index contributed by atoms with van der Waals surface area (Å²) in [7, 11) is 0. The molecule has 0 radical (unpaired) electrons. The molecule has 88 valence electrons. The molecule has 0 spiro atoms. The first kappa shape index (κ1) is 12.6. The smallest absolute Gasteiger partial charge is 0.226 e. The van der Waals surface area contributed by atoms with Crippen LogP contribution in [0.25, 0.3) is 0 Å². The Hall–Kier alpha value is -1.42. The largest absolute Gasteiger partial charge is 0.391 e. The van der Waals surface area contributed by atoms with Crippen molar-refractivity contribution in [3.05, 3.63) is 30.1 Å². The Morgan fingerprint density at radius 3 is 2.75 bits per heavy atom. The minimum atomic E-state index is -0.619. The van der Waals surface area contributed by atoms with Crippen molar-refractivity contribution in [3.8, 4) is 0 Å². The first-order chi connectivity index (χ1) is 7.42. The van der Waals surface area contributed by atoms with Crippen LogP contribution in [0.15, 0.2) is 24.4 Å². The average Bonchev–Trinajstić information content (AvgIpc) is 2.17. The Bertz CT molecular complexity index is 347. The lowest BCUT2D eigenvalue weighted by atomic mass is 9.98. The second-order valence-corrected chi connectivity index (χ2v) is 4.44. The van der Waals surface area contributed by atoms with Crippen molar-refractivity contribution in [2.75, 3.05) is 0 Å². The maximum atomic E-state index is 11.7. The number of rotatable bonds is 4. The van der Waals surface area contributed by atoms with Crippen LogP contribution in [-0.2, 0) is 11.2 Å². The number of hydrogen-bond donors (Lipinski definition) is 2. The molecule has 1 heterocycles.